The third-order valence-corrected chi connectivity index (χ3v) is 2.59. The average molecular weight is 215 g/mol. The van der Waals surface area contributed by atoms with Crippen molar-refractivity contribution in [1.82, 2.24) is 4.90 Å². The normalized spacial score (nSPS) is 17.8. The number of methoxy groups -OCH3 is 1. The van der Waals surface area contributed by atoms with Gasteiger partial charge in [-0.05, 0) is 6.42 Å². The largest absolute Gasteiger partial charge is 0.468 e. The Balaban J connectivity index is 2.74. The minimum atomic E-state index is -1.08. The Hall–Kier alpha value is -1.10. The summed E-state index contributed by atoms with van der Waals surface area (Å²) in [6.07, 6.45) is 0.861. The lowest BCUT2D eigenvalue weighted by Gasteiger charge is -2.39. The average Bonchev–Trinajstić information content (AvgIpc) is 2.16. The van der Waals surface area contributed by atoms with Crippen LogP contribution in [0.15, 0.2) is 0 Å². The lowest BCUT2D eigenvalue weighted by molar-refractivity contribution is -0.193. The first kappa shape index (κ1) is 12.0. The maximum atomic E-state index is 12.0. The molecule has 1 saturated heterocycles. The molecule has 5 nitrogen and oxygen atoms in total. The van der Waals surface area contributed by atoms with Gasteiger partial charge in [-0.25, -0.2) is 0 Å². The second-order valence-corrected chi connectivity index (χ2v) is 3.79. The molecule has 1 heterocycles. The van der Waals surface area contributed by atoms with E-state index in [1.807, 2.05) is 6.92 Å². The molecule has 0 aromatic rings. The highest BCUT2D eigenvalue weighted by atomic mass is 16.5. The standard InChI is InChI=1S/C10H17NO4/c1-4-5-11(2)8(12)10(6-15-7-10)9(13)14-3/h4-7H2,1-3H3. The number of hydrogen-bond acceptors (Lipinski definition) is 4. The summed E-state index contributed by atoms with van der Waals surface area (Å²) in [5, 5.41) is 0. The van der Waals surface area contributed by atoms with E-state index in [2.05, 4.69) is 4.74 Å². The van der Waals surface area contributed by atoms with Crippen LogP contribution in [0.25, 0.3) is 0 Å². The van der Waals surface area contributed by atoms with Gasteiger partial charge < -0.3 is 14.4 Å². The highest BCUT2D eigenvalue weighted by Crippen LogP contribution is 2.31. The van der Waals surface area contributed by atoms with Crippen LogP contribution >= 0.6 is 0 Å². The zero-order valence-electron chi connectivity index (χ0n) is 9.41. The van der Waals surface area contributed by atoms with Gasteiger partial charge in [-0.3, -0.25) is 9.59 Å². The van der Waals surface area contributed by atoms with Gasteiger partial charge in [0.05, 0.1) is 20.3 Å². The number of hydrogen-bond donors (Lipinski definition) is 0. The van der Waals surface area contributed by atoms with Crippen LogP contribution in [0, 0.1) is 5.41 Å². The summed E-state index contributed by atoms with van der Waals surface area (Å²) in [5.41, 5.74) is -1.08. The summed E-state index contributed by atoms with van der Waals surface area (Å²) >= 11 is 0. The van der Waals surface area contributed by atoms with Crippen molar-refractivity contribution in [2.24, 2.45) is 5.41 Å². The maximum absolute atomic E-state index is 12.0. The van der Waals surface area contributed by atoms with Crippen LogP contribution in [0.4, 0.5) is 0 Å². The quantitative estimate of drug-likeness (QED) is 0.491. The van der Waals surface area contributed by atoms with Gasteiger partial charge in [-0.2, -0.15) is 0 Å². The van der Waals surface area contributed by atoms with E-state index in [0.29, 0.717) is 6.54 Å². The Morgan fingerprint density at radius 3 is 2.40 bits per heavy atom. The number of carbonyl (C=O) groups is 2. The van der Waals surface area contributed by atoms with Gasteiger partial charge in [-0.1, -0.05) is 6.92 Å². The van der Waals surface area contributed by atoms with E-state index in [1.54, 1.807) is 11.9 Å². The summed E-state index contributed by atoms with van der Waals surface area (Å²) in [6.45, 7) is 2.88. The fourth-order valence-corrected chi connectivity index (χ4v) is 1.63. The molecular formula is C10H17NO4. The van der Waals surface area contributed by atoms with Gasteiger partial charge in [-0.15, -0.1) is 0 Å². The first-order chi connectivity index (χ1) is 7.08. The monoisotopic (exact) mass is 215 g/mol. The molecule has 1 aliphatic heterocycles. The molecule has 0 spiro atoms. The molecule has 0 saturated carbocycles. The summed E-state index contributed by atoms with van der Waals surface area (Å²) in [5.74, 6) is -0.704. The highest BCUT2D eigenvalue weighted by Gasteiger charge is 2.55. The van der Waals surface area contributed by atoms with Crippen LogP contribution in [0.1, 0.15) is 13.3 Å². The van der Waals surface area contributed by atoms with Crippen molar-refractivity contribution < 1.29 is 19.1 Å². The summed E-state index contributed by atoms with van der Waals surface area (Å²) in [4.78, 5) is 25.1. The van der Waals surface area contributed by atoms with Crippen molar-refractivity contribution in [3.05, 3.63) is 0 Å². The second kappa shape index (κ2) is 4.61. The molecular weight excluding hydrogens is 198 g/mol. The molecule has 0 N–H and O–H groups in total. The van der Waals surface area contributed by atoms with Crippen molar-refractivity contribution in [3.63, 3.8) is 0 Å². The molecule has 0 bridgehead atoms. The number of carbonyl (C=O) groups excluding carboxylic acids is 2. The molecule has 1 aliphatic rings. The maximum Gasteiger partial charge on any atom is 0.326 e. The van der Waals surface area contributed by atoms with Crippen LogP contribution in [0.5, 0.6) is 0 Å². The molecule has 1 rings (SSSR count). The Labute approximate surface area is 89.3 Å². The molecule has 0 atom stereocenters. The molecule has 5 heteroatoms. The Morgan fingerprint density at radius 2 is 2.07 bits per heavy atom. The van der Waals surface area contributed by atoms with Crippen LogP contribution in [0.2, 0.25) is 0 Å². The van der Waals surface area contributed by atoms with E-state index < -0.39 is 11.4 Å². The molecule has 0 aliphatic carbocycles. The minimum absolute atomic E-state index is 0.132. The van der Waals surface area contributed by atoms with E-state index in [9.17, 15) is 9.59 Å². The van der Waals surface area contributed by atoms with Gasteiger partial charge in [0.25, 0.3) is 0 Å². The zero-order valence-corrected chi connectivity index (χ0v) is 9.41. The molecule has 0 unspecified atom stereocenters. The molecule has 1 amide bonds. The van der Waals surface area contributed by atoms with Crippen LogP contribution in [0.3, 0.4) is 0 Å². The Morgan fingerprint density at radius 1 is 1.47 bits per heavy atom. The SMILES string of the molecule is CCCN(C)C(=O)C1(C(=O)OC)COC1. The van der Waals surface area contributed by atoms with Gasteiger partial charge in [0, 0.05) is 13.6 Å². The lowest BCUT2D eigenvalue weighted by atomic mass is 9.84. The van der Waals surface area contributed by atoms with Crippen molar-refractivity contribution >= 4 is 11.9 Å². The number of rotatable bonds is 4. The molecule has 86 valence electrons. The van der Waals surface area contributed by atoms with E-state index in [4.69, 9.17) is 4.74 Å². The lowest BCUT2D eigenvalue weighted by Crippen LogP contribution is -2.59. The van der Waals surface area contributed by atoms with Crippen molar-refractivity contribution in [1.29, 1.82) is 0 Å². The second-order valence-electron chi connectivity index (χ2n) is 3.79. The van der Waals surface area contributed by atoms with Crippen LogP contribution < -0.4 is 0 Å². The third kappa shape index (κ3) is 1.97. The molecule has 0 aromatic heterocycles. The predicted molar refractivity (Wildman–Crippen MR) is 53.2 cm³/mol. The van der Waals surface area contributed by atoms with Crippen LogP contribution in [-0.2, 0) is 19.1 Å². The summed E-state index contributed by atoms with van der Waals surface area (Å²) in [7, 11) is 2.98. The third-order valence-electron chi connectivity index (χ3n) is 2.59. The zero-order chi connectivity index (χ0) is 11.5. The molecule has 1 fully saturated rings. The van der Waals surface area contributed by atoms with E-state index in [0.717, 1.165) is 6.42 Å². The van der Waals surface area contributed by atoms with Crippen molar-refractivity contribution in [2.45, 2.75) is 13.3 Å². The first-order valence-electron chi connectivity index (χ1n) is 5.00. The molecule has 0 radical (unpaired) electrons. The van der Waals surface area contributed by atoms with Gasteiger partial charge >= 0.3 is 5.97 Å². The summed E-state index contributed by atoms with van der Waals surface area (Å²) < 4.78 is 9.60. The Bertz CT molecular complexity index is 260. The fraction of sp³-hybridized carbons (Fsp3) is 0.800. The van der Waals surface area contributed by atoms with Gasteiger partial charge in [0.1, 0.15) is 0 Å². The van der Waals surface area contributed by atoms with E-state index in [1.165, 1.54) is 7.11 Å². The number of nitrogens with zero attached hydrogens (tertiary/aromatic N) is 1. The van der Waals surface area contributed by atoms with Crippen molar-refractivity contribution in [2.75, 3.05) is 33.9 Å². The number of ether oxygens (including phenoxy) is 2. The van der Waals surface area contributed by atoms with Crippen molar-refractivity contribution in [3.8, 4) is 0 Å². The van der Waals surface area contributed by atoms with Gasteiger partial charge in [0.2, 0.25) is 5.91 Å². The number of esters is 1. The van der Waals surface area contributed by atoms with E-state index >= 15 is 0 Å². The van der Waals surface area contributed by atoms with Gasteiger partial charge in [0.15, 0.2) is 5.41 Å². The minimum Gasteiger partial charge on any atom is -0.468 e. The molecule has 15 heavy (non-hydrogen) atoms. The van der Waals surface area contributed by atoms with Crippen LogP contribution in [-0.4, -0.2) is 50.7 Å². The highest BCUT2D eigenvalue weighted by molar-refractivity contribution is 6.03. The topological polar surface area (TPSA) is 55.8 Å². The summed E-state index contributed by atoms with van der Waals surface area (Å²) in [6, 6.07) is 0. The fourth-order valence-electron chi connectivity index (χ4n) is 1.63. The molecule has 0 aromatic carbocycles. The smallest absolute Gasteiger partial charge is 0.326 e. The Kier molecular flexibility index (Phi) is 3.68. The predicted octanol–water partition coefficient (Wildman–Crippen LogP) is 0.0444. The van der Waals surface area contributed by atoms with E-state index in [-0.39, 0.29) is 19.1 Å². The first-order valence-corrected chi connectivity index (χ1v) is 5.00. The number of amides is 1.